The molecule has 0 saturated heterocycles. The van der Waals surface area contributed by atoms with E-state index in [1.54, 1.807) is 0 Å². The first kappa shape index (κ1) is 22.2. The summed E-state index contributed by atoms with van der Waals surface area (Å²) in [6, 6.07) is 25.6. The van der Waals surface area contributed by atoms with Crippen molar-refractivity contribution < 1.29 is 9.53 Å². The Morgan fingerprint density at radius 2 is 1.74 bits per heavy atom. The van der Waals surface area contributed by atoms with E-state index in [4.69, 9.17) is 16.3 Å². The average molecular weight is 472 g/mol. The summed E-state index contributed by atoms with van der Waals surface area (Å²) in [7, 11) is 0. The molecule has 34 heavy (non-hydrogen) atoms. The van der Waals surface area contributed by atoms with Crippen LogP contribution in [0.1, 0.15) is 46.6 Å². The summed E-state index contributed by atoms with van der Waals surface area (Å²) < 4.78 is 5.77. The Balaban J connectivity index is 1.53. The second kappa shape index (κ2) is 9.74. The zero-order chi connectivity index (χ0) is 23.5. The van der Waals surface area contributed by atoms with Crippen molar-refractivity contribution in [3.05, 3.63) is 106 Å². The lowest BCUT2D eigenvalue weighted by Gasteiger charge is -2.26. The lowest BCUT2D eigenvalue weighted by atomic mass is 9.96. The zero-order valence-corrected chi connectivity index (χ0v) is 19.8. The van der Waals surface area contributed by atoms with Crippen LogP contribution in [0.2, 0.25) is 5.02 Å². The summed E-state index contributed by atoms with van der Waals surface area (Å²) in [4.78, 5) is 15.5. The molecule has 1 aliphatic heterocycles. The van der Waals surface area contributed by atoms with E-state index in [1.807, 2.05) is 71.6 Å². The molecule has 1 unspecified atom stereocenters. The predicted octanol–water partition coefficient (Wildman–Crippen LogP) is 6.31. The van der Waals surface area contributed by atoms with E-state index in [-0.39, 0.29) is 11.9 Å². The largest absolute Gasteiger partial charge is 0.494 e. The number of aromatic nitrogens is 2. The van der Waals surface area contributed by atoms with Gasteiger partial charge in [-0.1, -0.05) is 73.1 Å². The van der Waals surface area contributed by atoms with Crippen LogP contribution in [0.15, 0.2) is 78.9 Å². The third-order valence-corrected chi connectivity index (χ3v) is 6.39. The molecule has 0 aliphatic carbocycles. The second-order valence-corrected chi connectivity index (χ2v) is 8.86. The van der Waals surface area contributed by atoms with Crippen LogP contribution in [-0.2, 0) is 6.42 Å². The molecule has 5 nitrogen and oxygen atoms in total. The molecule has 1 amide bonds. The maximum Gasteiger partial charge on any atom is 0.273 e. The number of ether oxygens (including phenoxy) is 1. The van der Waals surface area contributed by atoms with Crippen LogP contribution in [0.25, 0.3) is 11.3 Å². The molecule has 172 valence electrons. The highest BCUT2D eigenvalue weighted by atomic mass is 35.5. The molecule has 1 N–H and O–H groups in total. The molecule has 4 aromatic rings. The molecule has 0 fully saturated rings. The van der Waals surface area contributed by atoms with Gasteiger partial charge in [-0.25, -0.2) is 0 Å². The van der Waals surface area contributed by atoms with Gasteiger partial charge in [0.1, 0.15) is 11.4 Å². The highest BCUT2D eigenvalue weighted by Gasteiger charge is 2.41. The molecule has 2 heterocycles. The number of hydrogen-bond acceptors (Lipinski definition) is 3. The van der Waals surface area contributed by atoms with E-state index in [1.165, 1.54) is 5.56 Å². The lowest BCUT2D eigenvalue weighted by Crippen LogP contribution is -2.31. The Kier molecular flexibility index (Phi) is 6.37. The highest BCUT2D eigenvalue weighted by Crippen LogP contribution is 2.43. The third-order valence-electron chi connectivity index (χ3n) is 6.13. The van der Waals surface area contributed by atoms with E-state index in [2.05, 4.69) is 29.3 Å². The van der Waals surface area contributed by atoms with Crippen molar-refractivity contribution in [3.63, 3.8) is 0 Å². The van der Waals surface area contributed by atoms with E-state index >= 15 is 0 Å². The van der Waals surface area contributed by atoms with E-state index < -0.39 is 0 Å². The molecular formula is C28H26ClN3O2. The Labute approximate surface area is 204 Å². The van der Waals surface area contributed by atoms with Crippen molar-refractivity contribution in [1.82, 2.24) is 15.1 Å². The monoisotopic (exact) mass is 471 g/mol. The standard InChI is InChI=1S/C28H26ClN3O2/c1-2-18-34-23-14-10-21(11-15-23)27-24-25(20-8-12-22(29)13-9-20)30-31-26(24)28(33)32(27)17-16-19-6-4-3-5-7-19/h3-15,27H,2,16-18H2,1H3,(H,30,31). The predicted molar refractivity (Wildman–Crippen MR) is 134 cm³/mol. The number of nitrogens with one attached hydrogen (secondary N) is 1. The first-order valence-corrected chi connectivity index (χ1v) is 12.0. The van der Waals surface area contributed by atoms with E-state index in [0.717, 1.165) is 41.0 Å². The number of carbonyl (C=O) groups is 1. The van der Waals surface area contributed by atoms with Gasteiger partial charge in [0, 0.05) is 22.7 Å². The van der Waals surface area contributed by atoms with Crippen LogP contribution < -0.4 is 4.74 Å². The first-order chi connectivity index (χ1) is 16.7. The smallest absolute Gasteiger partial charge is 0.273 e. The van der Waals surface area contributed by atoms with Crippen molar-refractivity contribution in [3.8, 4) is 17.0 Å². The van der Waals surface area contributed by atoms with Crippen LogP contribution in [0, 0.1) is 0 Å². The molecular weight excluding hydrogens is 446 g/mol. The van der Waals surface area contributed by atoms with Gasteiger partial charge in [0.2, 0.25) is 0 Å². The summed E-state index contributed by atoms with van der Waals surface area (Å²) >= 11 is 6.11. The number of fused-ring (bicyclic) bond motifs is 1. The molecule has 1 aliphatic rings. The maximum absolute atomic E-state index is 13.5. The number of halogens is 1. The van der Waals surface area contributed by atoms with Gasteiger partial charge in [-0.15, -0.1) is 0 Å². The van der Waals surface area contributed by atoms with Crippen molar-refractivity contribution in [1.29, 1.82) is 0 Å². The van der Waals surface area contributed by atoms with Gasteiger partial charge in [0.15, 0.2) is 0 Å². The Bertz CT molecular complexity index is 1270. The Morgan fingerprint density at radius 3 is 2.44 bits per heavy atom. The first-order valence-electron chi connectivity index (χ1n) is 11.6. The number of H-pyrrole nitrogens is 1. The van der Waals surface area contributed by atoms with Crippen molar-refractivity contribution in [2.75, 3.05) is 13.2 Å². The van der Waals surface area contributed by atoms with Gasteiger partial charge in [-0.05, 0) is 48.2 Å². The average Bonchev–Trinajstić information content (AvgIpc) is 3.42. The van der Waals surface area contributed by atoms with Gasteiger partial charge in [0.25, 0.3) is 5.91 Å². The lowest BCUT2D eigenvalue weighted by molar-refractivity contribution is 0.0746. The second-order valence-electron chi connectivity index (χ2n) is 8.42. The fourth-order valence-electron chi connectivity index (χ4n) is 4.46. The minimum absolute atomic E-state index is 0.0324. The maximum atomic E-state index is 13.5. The SMILES string of the molecule is CCCOc1ccc(C2c3c(-c4ccc(Cl)cc4)n[nH]c3C(=O)N2CCc2ccccc2)cc1. The topological polar surface area (TPSA) is 58.2 Å². The summed E-state index contributed by atoms with van der Waals surface area (Å²) in [5.74, 6) is 0.797. The molecule has 1 atom stereocenters. The van der Waals surface area contributed by atoms with Crippen LogP contribution in [0.3, 0.4) is 0 Å². The van der Waals surface area contributed by atoms with Crippen LogP contribution in [0.5, 0.6) is 5.75 Å². The fraction of sp³-hybridized carbons (Fsp3) is 0.214. The van der Waals surface area contributed by atoms with Crippen molar-refractivity contribution >= 4 is 17.5 Å². The number of benzene rings is 3. The molecule has 0 saturated carbocycles. The number of aromatic amines is 1. The third kappa shape index (κ3) is 4.31. The number of hydrogen-bond donors (Lipinski definition) is 1. The molecule has 0 radical (unpaired) electrons. The van der Waals surface area contributed by atoms with Crippen molar-refractivity contribution in [2.24, 2.45) is 0 Å². The van der Waals surface area contributed by atoms with Gasteiger partial charge in [-0.2, -0.15) is 5.10 Å². The van der Waals surface area contributed by atoms with Crippen LogP contribution in [0.4, 0.5) is 0 Å². The number of carbonyl (C=O) groups excluding carboxylic acids is 1. The summed E-state index contributed by atoms with van der Waals surface area (Å²) in [5, 5.41) is 8.21. The van der Waals surface area contributed by atoms with E-state index in [0.29, 0.717) is 23.9 Å². The van der Waals surface area contributed by atoms with Gasteiger partial charge < -0.3 is 9.64 Å². The van der Waals surface area contributed by atoms with Gasteiger partial charge in [0.05, 0.1) is 18.3 Å². The summed E-state index contributed by atoms with van der Waals surface area (Å²) in [6.45, 7) is 3.36. The number of amides is 1. The normalized spacial score (nSPS) is 14.9. The Hall–Kier alpha value is -3.57. The fourth-order valence-corrected chi connectivity index (χ4v) is 4.59. The molecule has 5 rings (SSSR count). The van der Waals surface area contributed by atoms with Crippen molar-refractivity contribution in [2.45, 2.75) is 25.8 Å². The minimum atomic E-state index is -0.240. The molecule has 0 spiro atoms. The van der Waals surface area contributed by atoms with E-state index in [9.17, 15) is 4.79 Å². The molecule has 6 heteroatoms. The summed E-state index contributed by atoms with van der Waals surface area (Å²) in [5.41, 5.74) is 5.38. The highest BCUT2D eigenvalue weighted by molar-refractivity contribution is 6.30. The Morgan fingerprint density at radius 1 is 1.00 bits per heavy atom. The number of nitrogens with zero attached hydrogens (tertiary/aromatic N) is 2. The minimum Gasteiger partial charge on any atom is -0.494 e. The van der Waals surface area contributed by atoms with Crippen LogP contribution >= 0.6 is 11.6 Å². The quantitative estimate of drug-likeness (QED) is 0.327. The number of rotatable bonds is 8. The molecule has 0 bridgehead atoms. The summed E-state index contributed by atoms with van der Waals surface area (Å²) in [6.07, 6.45) is 1.73. The zero-order valence-electron chi connectivity index (χ0n) is 19.0. The molecule has 1 aromatic heterocycles. The van der Waals surface area contributed by atoms with Crippen LogP contribution in [-0.4, -0.2) is 34.2 Å². The van der Waals surface area contributed by atoms with Gasteiger partial charge >= 0.3 is 0 Å². The van der Waals surface area contributed by atoms with Gasteiger partial charge in [-0.3, -0.25) is 9.89 Å². The molecule has 3 aromatic carbocycles.